The van der Waals surface area contributed by atoms with Crippen molar-refractivity contribution >= 4 is 33.4 Å². The molecule has 0 saturated heterocycles. The number of amides is 2. The Balaban J connectivity index is 2.06. The van der Waals surface area contributed by atoms with E-state index in [1.807, 2.05) is 38.1 Å². The average molecular weight is 389 g/mol. The summed E-state index contributed by atoms with van der Waals surface area (Å²) in [4.78, 5) is 24.6. The zero-order valence-electron chi connectivity index (χ0n) is 13.8. The Morgan fingerprint density at radius 3 is 2.54 bits per heavy atom. The molecule has 2 aromatic rings. The minimum Gasteiger partial charge on any atom is -0.352 e. The van der Waals surface area contributed by atoms with Gasteiger partial charge in [0.25, 0.3) is 5.91 Å². The molecular weight excluding hydrogens is 368 g/mol. The fourth-order valence-corrected chi connectivity index (χ4v) is 2.66. The fourth-order valence-electron chi connectivity index (χ4n) is 2.21. The highest BCUT2D eigenvalue weighted by atomic mass is 79.9. The van der Waals surface area contributed by atoms with Gasteiger partial charge in [0.15, 0.2) is 0 Å². The van der Waals surface area contributed by atoms with Crippen molar-refractivity contribution in [2.75, 3.05) is 11.9 Å². The summed E-state index contributed by atoms with van der Waals surface area (Å²) in [7, 11) is 0. The Morgan fingerprint density at radius 1 is 1.08 bits per heavy atom. The van der Waals surface area contributed by atoms with Crippen LogP contribution in [0.5, 0.6) is 0 Å². The molecule has 2 amide bonds. The highest BCUT2D eigenvalue weighted by molar-refractivity contribution is 9.10. The van der Waals surface area contributed by atoms with Crippen LogP contribution in [0.25, 0.3) is 0 Å². The molecule has 0 saturated carbocycles. The topological polar surface area (TPSA) is 58.2 Å². The van der Waals surface area contributed by atoms with Gasteiger partial charge in [-0.2, -0.15) is 0 Å². The molecule has 0 radical (unpaired) electrons. The summed E-state index contributed by atoms with van der Waals surface area (Å²) >= 11 is 3.39. The predicted molar refractivity (Wildman–Crippen MR) is 100 cm³/mol. The number of para-hydroxylation sites is 1. The fraction of sp³-hybridized carbons (Fsp3) is 0.263. The molecule has 126 valence electrons. The van der Waals surface area contributed by atoms with E-state index < -0.39 is 0 Å². The van der Waals surface area contributed by atoms with Crippen LogP contribution >= 0.6 is 15.9 Å². The van der Waals surface area contributed by atoms with E-state index >= 15 is 0 Å². The number of anilines is 1. The Morgan fingerprint density at radius 2 is 1.83 bits per heavy atom. The van der Waals surface area contributed by atoms with Gasteiger partial charge >= 0.3 is 0 Å². The Labute approximate surface area is 150 Å². The molecule has 0 heterocycles. The van der Waals surface area contributed by atoms with E-state index in [4.69, 9.17) is 0 Å². The molecule has 2 rings (SSSR count). The van der Waals surface area contributed by atoms with Crippen LogP contribution in [0.2, 0.25) is 0 Å². The van der Waals surface area contributed by atoms with Crippen molar-refractivity contribution in [1.29, 1.82) is 0 Å². The van der Waals surface area contributed by atoms with Crippen molar-refractivity contribution < 1.29 is 9.59 Å². The standard InChI is InChI=1S/C19H21BrN2O2/c1-13(2)12-21-19(24)16-8-3-4-9-17(16)22-18(23)11-14-6-5-7-15(20)10-14/h3-10,13H,11-12H2,1-2H3,(H,21,24)(H,22,23). The molecule has 0 aliphatic rings. The van der Waals surface area contributed by atoms with Crippen LogP contribution in [-0.4, -0.2) is 18.4 Å². The summed E-state index contributed by atoms with van der Waals surface area (Å²) in [5, 5.41) is 5.70. The number of hydrogen-bond donors (Lipinski definition) is 2. The zero-order chi connectivity index (χ0) is 17.5. The summed E-state index contributed by atoms with van der Waals surface area (Å²) in [6.45, 7) is 4.66. The second-order valence-corrected chi connectivity index (χ2v) is 6.92. The van der Waals surface area contributed by atoms with Gasteiger partial charge in [-0.15, -0.1) is 0 Å². The van der Waals surface area contributed by atoms with E-state index in [9.17, 15) is 9.59 Å². The molecular formula is C19H21BrN2O2. The third-order valence-corrected chi connectivity index (χ3v) is 3.86. The van der Waals surface area contributed by atoms with Crippen LogP contribution in [0.3, 0.4) is 0 Å². The Hall–Kier alpha value is -2.14. The first kappa shape index (κ1) is 18.2. The molecule has 4 nitrogen and oxygen atoms in total. The van der Waals surface area contributed by atoms with Crippen LogP contribution in [0, 0.1) is 5.92 Å². The van der Waals surface area contributed by atoms with E-state index in [-0.39, 0.29) is 18.2 Å². The average Bonchev–Trinajstić information content (AvgIpc) is 2.53. The van der Waals surface area contributed by atoms with Gasteiger partial charge in [0.1, 0.15) is 0 Å². The summed E-state index contributed by atoms with van der Waals surface area (Å²) in [6.07, 6.45) is 0.251. The normalized spacial score (nSPS) is 10.5. The van der Waals surface area contributed by atoms with Crippen molar-refractivity contribution in [2.24, 2.45) is 5.92 Å². The van der Waals surface area contributed by atoms with Gasteiger partial charge in [0.2, 0.25) is 5.91 Å². The lowest BCUT2D eigenvalue weighted by molar-refractivity contribution is -0.115. The number of rotatable bonds is 6. The summed E-state index contributed by atoms with van der Waals surface area (Å²) in [5.41, 5.74) is 1.91. The maximum absolute atomic E-state index is 12.3. The van der Waals surface area contributed by atoms with Crippen molar-refractivity contribution in [3.05, 3.63) is 64.1 Å². The molecule has 0 unspecified atom stereocenters. The van der Waals surface area contributed by atoms with Crippen molar-refractivity contribution in [3.8, 4) is 0 Å². The summed E-state index contributed by atoms with van der Waals surface area (Å²) in [5.74, 6) is 0.0338. The van der Waals surface area contributed by atoms with Crippen molar-refractivity contribution in [1.82, 2.24) is 5.32 Å². The van der Waals surface area contributed by atoms with Crippen molar-refractivity contribution in [3.63, 3.8) is 0 Å². The lowest BCUT2D eigenvalue weighted by atomic mass is 10.1. The number of hydrogen-bond acceptors (Lipinski definition) is 2. The number of carbonyl (C=O) groups excluding carboxylic acids is 2. The first-order valence-corrected chi connectivity index (χ1v) is 8.66. The van der Waals surface area contributed by atoms with Crippen LogP contribution < -0.4 is 10.6 Å². The number of nitrogens with one attached hydrogen (secondary N) is 2. The SMILES string of the molecule is CC(C)CNC(=O)c1ccccc1NC(=O)Cc1cccc(Br)c1. The molecule has 0 aliphatic carbocycles. The van der Waals surface area contributed by atoms with Gasteiger partial charge in [-0.3, -0.25) is 9.59 Å². The maximum Gasteiger partial charge on any atom is 0.253 e. The highest BCUT2D eigenvalue weighted by Gasteiger charge is 2.13. The molecule has 24 heavy (non-hydrogen) atoms. The smallest absolute Gasteiger partial charge is 0.253 e. The van der Waals surface area contributed by atoms with Crippen LogP contribution in [0.15, 0.2) is 53.0 Å². The van der Waals surface area contributed by atoms with Crippen LogP contribution in [0.1, 0.15) is 29.8 Å². The minimum absolute atomic E-state index is 0.155. The van der Waals surface area contributed by atoms with Gasteiger partial charge in [0, 0.05) is 11.0 Å². The lowest BCUT2D eigenvalue weighted by Crippen LogP contribution is -2.28. The predicted octanol–water partition coefficient (Wildman–Crippen LogP) is 4.02. The molecule has 5 heteroatoms. The molecule has 0 aliphatic heterocycles. The van der Waals surface area contributed by atoms with Gasteiger partial charge in [-0.05, 0) is 35.7 Å². The monoisotopic (exact) mass is 388 g/mol. The third kappa shape index (κ3) is 5.49. The Bertz CT molecular complexity index is 729. The molecule has 0 spiro atoms. The maximum atomic E-state index is 12.3. The van der Waals surface area contributed by atoms with E-state index in [1.165, 1.54) is 0 Å². The van der Waals surface area contributed by atoms with Gasteiger partial charge < -0.3 is 10.6 Å². The van der Waals surface area contributed by atoms with E-state index in [2.05, 4.69) is 26.6 Å². The Kier molecular flexibility index (Phi) is 6.55. The van der Waals surface area contributed by atoms with Crippen LogP contribution in [0.4, 0.5) is 5.69 Å². The van der Waals surface area contributed by atoms with E-state index in [0.717, 1.165) is 10.0 Å². The van der Waals surface area contributed by atoms with E-state index in [0.29, 0.717) is 23.7 Å². The molecule has 0 fully saturated rings. The molecule has 0 aromatic heterocycles. The zero-order valence-corrected chi connectivity index (χ0v) is 15.4. The number of halogens is 1. The number of carbonyl (C=O) groups is 2. The van der Waals surface area contributed by atoms with Crippen LogP contribution in [-0.2, 0) is 11.2 Å². The highest BCUT2D eigenvalue weighted by Crippen LogP contribution is 2.17. The molecule has 0 atom stereocenters. The van der Waals surface area contributed by atoms with E-state index in [1.54, 1.807) is 24.3 Å². The quantitative estimate of drug-likeness (QED) is 0.784. The second-order valence-electron chi connectivity index (χ2n) is 6.00. The molecule has 0 bridgehead atoms. The van der Waals surface area contributed by atoms with Gasteiger partial charge in [-0.1, -0.05) is 54.0 Å². The van der Waals surface area contributed by atoms with Crippen molar-refractivity contribution in [2.45, 2.75) is 20.3 Å². The first-order chi connectivity index (χ1) is 11.5. The second kappa shape index (κ2) is 8.64. The first-order valence-electron chi connectivity index (χ1n) is 7.87. The number of benzene rings is 2. The summed E-state index contributed by atoms with van der Waals surface area (Å²) in [6, 6.07) is 14.6. The van der Waals surface area contributed by atoms with Gasteiger partial charge in [-0.25, -0.2) is 0 Å². The van der Waals surface area contributed by atoms with Gasteiger partial charge in [0.05, 0.1) is 17.7 Å². The minimum atomic E-state index is -0.179. The lowest BCUT2D eigenvalue weighted by Gasteiger charge is -2.12. The molecule has 2 N–H and O–H groups in total. The summed E-state index contributed by atoms with van der Waals surface area (Å²) < 4.78 is 0.932. The molecule has 2 aromatic carbocycles. The third-order valence-electron chi connectivity index (χ3n) is 3.37. The largest absolute Gasteiger partial charge is 0.352 e.